The third-order valence-corrected chi connectivity index (χ3v) is 5.49. The zero-order chi connectivity index (χ0) is 14.0. The molecule has 110 valence electrons. The molecular formula is C16H29NO2. The van der Waals surface area contributed by atoms with Gasteiger partial charge in [-0.3, -0.25) is 9.69 Å². The maximum atomic E-state index is 11.7. The highest BCUT2D eigenvalue weighted by Gasteiger charge is 2.49. The van der Waals surface area contributed by atoms with Crippen LogP contribution in [0, 0.1) is 17.8 Å². The summed E-state index contributed by atoms with van der Waals surface area (Å²) in [6.07, 6.45) is 7.01. The fourth-order valence-electron chi connectivity index (χ4n) is 4.21. The van der Waals surface area contributed by atoms with Gasteiger partial charge in [-0.15, -0.1) is 0 Å². The molecule has 19 heavy (non-hydrogen) atoms. The van der Waals surface area contributed by atoms with E-state index in [0.29, 0.717) is 23.8 Å². The Balaban J connectivity index is 2.10. The predicted molar refractivity (Wildman–Crippen MR) is 77.1 cm³/mol. The Labute approximate surface area is 117 Å². The molecule has 5 unspecified atom stereocenters. The fraction of sp³-hybridized carbons (Fsp3) is 0.938. The van der Waals surface area contributed by atoms with Crippen molar-refractivity contribution in [3.05, 3.63) is 0 Å². The maximum absolute atomic E-state index is 11.7. The van der Waals surface area contributed by atoms with E-state index in [1.54, 1.807) is 0 Å². The molecule has 2 rings (SSSR count). The summed E-state index contributed by atoms with van der Waals surface area (Å²) in [7, 11) is 0. The van der Waals surface area contributed by atoms with Gasteiger partial charge >= 0.3 is 5.97 Å². The number of carbonyl (C=O) groups is 1. The molecule has 0 radical (unpaired) electrons. The Kier molecular flexibility index (Phi) is 4.88. The van der Waals surface area contributed by atoms with Crippen molar-refractivity contribution in [3.8, 4) is 0 Å². The minimum atomic E-state index is -0.586. The van der Waals surface area contributed by atoms with Crippen LogP contribution in [0.15, 0.2) is 0 Å². The molecule has 0 aromatic heterocycles. The van der Waals surface area contributed by atoms with Gasteiger partial charge in [0.25, 0.3) is 0 Å². The van der Waals surface area contributed by atoms with Crippen LogP contribution in [0.4, 0.5) is 0 Å². The van der Waals surface area contributed by atoms with Crippen LogP contribution in [0.1, 0.15) is 59.3 Å². The largest absolute Gasteiger partial charge is 0.480 e. The van der Waals surface area contributed by atoms with Crippen molar-refractivity contribution >= 4 is 5.97 Å². The van der Waals surface area contributed by atoms with Crippen LogP contribution < -0.4 is 0 Å². The minimum Gasteiger partial charge on any atom is -0.480 e. The molecule has 0 spiro atoms. The van der Waals surface area contributed by atoms with Crippen molar-refractivity contribution in [2.75, 3.05) is 6.54 Å². The number of hydrogen-bond donors (Lipinski definition) is 1. The highest BCUT2D eigenvalue weighted by atomic mass is 16.4. The summed E-state index contributed by atoms with van der Waals surface area (Å²) in [4.78, 5) is 14.0. The zero-order valence-corrected chi connectivity index (χ0v) is 12.6. The third kappa shape index (κ3) is 2.96. The van der Waals surface area contributed by atoms with Gasteiger partial charge in [-0.2, -0.15) is 0 Å². The van der Waals surface area contributed by atoms with E-state index < -0.39 is 5.97 Å². The van der Waals surface area contributed by atoms with E-state index in [-0.39, 0.29) is 6.04 Å². The summed E-state index contributed by atoms with van der Waals surface area (Å²) >= 11 is 0. The molecule has 0 aromatic carbocycles. The molecule has 2 fully saturated rings. The monoisotopic (exact) mass is 267 g/mol. The first-order chi connectivity index (χ1) is 9.08. The number of fused-ring (bicyclic) bond motifs is 1. The molecule has 0 bridgehead atoms. The van der Waals surface area contributed by atoms with Crippen molar-refractivity contribution in [2.45, 2.75) is 71.4 Å². The van der Waals surface area contributed by atoms with Crippen molar-refractivity contribution in [1.82, 2.24) is 4.90 Å². The van der Waals surface area contributed by atoms with E-state index in [1.165, 1.54) is 19.3 Å². The Morgan fingerprint density at radius 3 is 2.63 bits per heavy atom. The molecule has 0 aromatic rings. The lowest BCUT2D eigenvalue weighted by Crippen LogP contribution is -2.46. The van der Waals surface area contributed by atoms with Crippen LogP contribution in [0.5, 0.6) is 0 Å². The standard InChI is InChI=1S/C16H29NO2/c1-4-11(3)9-13(5-2)17-10-12-7-6-8-14(12)15(17)16(18)19/h11-15H,4-10H2,1-3H3,(H,18,19). The second-order valence-corrected chi connectivity index (χ2v) is 6.65. The fourth-order valence-corrected chi connectivity index (χ4v) is 4.21. The Morgan fingerprint density at radius 2 is 2.05 bits per heavy atom. The number of carboxylic acids is 1. The average molecular weight is 267 g/mol. The van der Waals surface area contributed by atoms with E-state index in [2.05, 4.69) is 25.7 Å². The molecule has 3 heteroatoms. The molecule has 5 atom stereocenters. The molecule has 1 N–H and O–H groups in total. The van der Waals surface area contributed by atoms with Crippen molar-refractivity contribution in [3.63, 3.8) is 0 Å². The Morgan fingerprint density at radius 1 is 1.32 bits per heavy atom. The molecular weight excluding hydrogens is 238 g/mol. The van der Waals surface area contributed by atoms with E-state index in [4.69, 9.17) is 0 Å². The highest BCUT2D eigenvalue weighted by Crippen LogP contribution is 2.44. The quantitative estimate of drug-likeness (QED) is 0.802. The Bertz CT molecular complexity index is 318. The van der Waals surface area contributed by atoms with Gasteiger partial charge in [-0.1, -0.05) is 33.6 Å². The van der Waals surface area contributed by atoms with Gasteiger partial charge in [0.05, 0.1) is 0 Å². The predicted octanol–water partition coefficient (Wildman–Crippen LogP) is 3.39. The van der Waals surface area contributed by atoms with Gasteiger partial charge in [0.1, 0.15) is 6.04 Å². The number of rotatable bonds is 6. The molecule has 1 heterocycles. The zero-order valence-electron chi connectivity index (χ0n) is 12.6. The minimum absolute atomic E-state index is 0.207. The van der Waals surface area contributed by atoms with Crippen LogP contribution in [-0.4, -0.2) is 34.6 Å². The average Bonchev–Trinajstić information content (AvgIpc) is 2.94. The molecule has 2 aliphatic rings. The summed E-state index contributed by atoms with van der Waals surface area (Å²) in [5.41, 5.74) is 0. The van der Waals surface area contributed by atoms with Gasteiger partial charge in [0.2, 0.25) is 0 Å². The van der Waals surface area contributed by atoms with Gasteiger partial charge < -0.3 is 5.11 Å². The summed E-state index contributed by atoms with van der Waals surface area (Å²) in [5.74, 6) is 1.17. The first-order valence-electron chi connectivity index (χ1n) is 8.07. The summed E-state index contributed by atoms with van der Waals surface area (Å²) in [6.45, 7) is 7.75. The lowest BCUT2D eigenvalue weighted by molar-refractivity contribution is -0.144. The molecule has 0 amide bonds. The summed E-state index contributed by atoms with van der Waals surface area (Å²) in [6, 6.07) is 0.253. The van der Waals surface area contributed by atoms with E-state index in [1.807, 2.05) is 0 Å². The van der Waals surface area contributed by atoms with Gasteiger partial charge in [0.15, 0.2) is 0 Å². The van der Waals surface area contributed by atoms with E-state index >= 15 is 0 Å². The normalized spacial score (nSPS) is 34.2. The van der Waals surface area contributed by atoms with Crippen molar-refractivity contribution < 1.29 is 9.90 Å². The second-order valence-electron chi connectivity index (χ2n) is 6.65. The Hall–Kier alpha value is -0.570. The molecule has 1 saturated carbocycles. The maximum Gasteiger partial charge on any atom is 0.321 e. The van der Waals surface area contributed by atoms with Crippen LogP contribution in [0.3, 0.4) is 0 Å². The van der Waals surface area contributed by atoms with E-state index in [9.17, 15) is 9.90 Å². The van der Waals surface area contributed by atoms with Gasteiger partial charge in [-0.25, -0.2) is 0 Å². The number of nitrogens with zero attached hydrogens (tertiary/aromatic N) is 1. The summed E-state index contributed by atoms with van der Waals surface area (Å²) < 4.78 is 0. The SMILES string of the molecule is CCC(C)CC(CC)N1CC2CCCC2C1C(=O)O. The van der Waals surface area contributed by atoms with Crippen LogP contribution in [-0.2, 0) is 4.79 Å². The lowest BCUT2D eigenvalue weighted by atomic mass is 9.93. The first kappa shape index (κ1) is 14.8. The molecule has 1 saturated heterocycles. The van der Waals surface area contributed by atoms with Crippen molar-refractivity contribution in [1.29, 1.82) is 0 Å². The summed E-state index contributed by atoms with van der Waals surface area (Å²) in [5, 5.41) is 9.62. The highest BCUT2D eigenvalue weighted by molar-refractivity contribution is 5.74. The lowest BCUT2D eigenvalue weighted by Gasteiger charge is -2.33. The number of aliphatic carboxylic acids is 1. The van der Waals surface area contributed by atoms with E-state index in [0.717, 1.165) is 25.8 Å². The molecule has 1 aliphatic carbocycles. The molecule has 1 aliphatic heterocycles. The second kappa shape index (κ2) is 6.25. The smallest absolute Gasteiger partial charge is 0.321 e. The number of likely N-dealkylation sites (tertiary alicyclic amines) is 1. The van der Waals surface area contributed by atoms with Crippen LogP contribution in [0.2, 0.25) is 0 Å². The van der Waals surface area contributed by atoms with Crippen LogP contribution in [0.25, 0.3) is 0 Å². The van der Waals surface area contributed by atoms with Gasteiger partial charge in [0, 0.05) is 12.6 Å². The third-order valence-electron chi connectivity index (χ3n) is 5.49. The first-order valence-corrected chi connectivity index (χ1v) is 8.07. The number of hydrogen-bond acceptors (Lipinski definition) is 2. The number of carboxylic acid groups (broad SMARTS) is 1. The van der Waals surface area contributed by atoms with Crippen molar-refractivity contribution in [2.24, 2.45) is 17.8 Å². The molecule has 3 nitrogen and oxygen atoms in total. The topological polar surface area (TPSA) is 40.5 Å². The van der Waals surface area contributed by atoms with Crippen LogP contribution >= 0.6 is 0 Å². The van der Waals surface area contributed by atoms with Gasteiger partial charge in [-0.05, 0) is 43.4 Å².